The van der Waals surface area contributed by atoms with E-state index in [1.807, 2.05) is 13.8 Å². The second-order valence-electron chi connectivity index (χ2n) is 4.85. The fraction of sp³-hybridized carbons (Fsp3) is 0.467. The summed E-state index contributed by atoms with van der Waals surface area (Å²) in [6.07, 6.45) is 1.85. The summed E-state index contributed by atoms with van der Waals surface area (Å²) >= 11 is 0. The van der Waals surface area contributed by atoms with Gasteiger partial charge in [0.1, 0.15) is 0 Å². The minimum absolute atomic E-state index is 0.00225. The standard InChI is InChI=1S/C15H19NO3/c1-4-6-10(3)14(17)11-7-8-12-13(9-11)19-15(18)16(12)5-2/h7-10H,4-6H2,1-3H3. The molecule has 0 spiro atoms. The van der Waals surface area contributed by atoms with Gasteiger partial charge >= 0.3 is 5.76 Å². The van der Waals surface area contributed by atoms with Gasteiger partial charge < -0.3 is 4.42 Å². The van der Waals surface area contributed by atoms with Gasteiger partial charge in [-0.3, -0.25) is 9.36 Å². The summed E-state index contributed by atoms with van der Waals surface area (Å²) in [5, 5.41) is 0. The van der Waals surface area contributed by atoms with E-state index in [4.69, 9.17) is 4.42 Å². The van der Waals surface area contributed by atoms with E-state index in [0.29, 0.717) is 17.7 Å². The highest BCUT2D eigenvalue weighted by atomic mass is 16.4. The summed E-state index contributed by atoms with van der Waals surface area (Å²) in [4.78, 5) is 23.8. The van der Waals surface area contributed by atoms with E-state index in [9.17, 15) is 9.59 Å². The maximum absolute atomic E-state index is 12.2. The first-order valence-electron chi connectivity index (χ1n) is 6.76. The van der Waals surface area contributed by atoms with Crippen molar-refractivity contribution in [3.8, 4) is 0 Å². The summed E-state index contributed by atoms with van der Waals surface area (Å²) in [5.41, 5.74) is 1.85. The highest BCUT2D eigenvalue weighted by Crippen LogP contribution is 2.19. The lowest BCUT2D eigenvalue weighted by atomic mass is 9.95. The van der Waals surface area contributed by atoms with Gasteiger partial charge in [0.2, 0.25) is 0 Å². The molecule has 0 aliphatic rings. The van der Waals surface area contributed by atoms with Crippen molar-refractivity contribution >= 4 is 16.9 Å². The van der Waals surface area contributed by atoms with Gasteiger partial charge in [-0.05, 0) is 31.5 Å². The summed E-state index contributed by atoms with van der Waals surface area (Å²) in [5.74, 6) is -0.262. The molecule has 0 saturated carbocycles. The number of aromatic nitrogens is 1. The molecular weight excluding hydrogens is 242 g/mol. The lowest BCUT2D eigenvalue weighted by Gasteiger charge is -2.08. The molecule has 102 valence electrons. The zero-order valence-corrected chi connectivity index (χ0v) is 11.6. The molecule has 0 N–H and O–H groups in total. The number of hydrogen-bond acceptors (Lipinski definition) is 3. The number of carbonyl (C=O) groups is 1. The van der Waals surface area contributed by atoms with E-state index >= 15 is 0 Å². The van der Waals surface area contributed by atoms with Gasteiger partial charge in [0.05, 0.1) is 5.52 Å². The predicted octanol–water partition coefficient (Wildman–Crippen LogP) is 3.23. The number of carbonyl (C=O) groups excluding carboxylic acids is 1. The zero-order chi connectivity index (χ0) is 14.0. The summed E-state index contributed by atoms with van der Waals surface area (Å²) in [6.45, 7) is 6.45. The normalized spacial score (nSPS) is 12.8. The number of fused-ring (bicyclic) bond motifs is 1. The van der Waals surface area contributed by atoms with E-state index in [1.165, 1.54) is 0 Å². The predicted molar refractivity (Wildman–Crippen MR) is 74.6 cm³/mol. The van der Waals surface area contributed by atoms with Crippen molar-refractivity contribution in [2.24, 2.45) is 5.92 Å². The van der Waals surface area contributed by atoms with Crippen molar-refractivity contribution in [1.29, 1.82) is 0 Å². The van der Waals surface area contributed by atoms with Gasteiger partial charge in [-0.15, -0.1) is 0 Å². The van der Waals surface area contributed by atoms with Crippen LogP contribution in [0.5, 0.6) is 0 Å². The van der Waals surface area contributed by atoms with Gasteiger partial charge in [0.15, 0.2) is 11.4 Å². The molecule has 4 nitrogen and oxygen atoms in total. The lowest BCUT2D eigenvalue weighted by molar-refractivity contribution is 0.0923. The third-order valence-corrected chi connectivity index (χ3v) is 3.44. The largest absolute Gasteiger partial charge is 0.419 e. The van der Waals surface area contributed by atoms with Crippen molar-refractivity contribution in [2.45, 2.75) is 40.2 Å². The molecule has 1 atom stereocenters. The number of ketones is 1. The van der Waals surface area contributed by atoms with E-state index in [2.05, 4.69) is 6.92 Å². The SMILES string of the molecule is CCCC(C)C(=O)c1ccc2c(c1)oc(=O)n2CC. The van der Waals surface area contributed by atoms with Crippen LogP contribution in [0.4, 0.5) is 0 Å². The maximum Gasteiger partial charge on any atom is 0.419 e. The highest BCUT2D eigenvalue weighted by molar-refractivity contribution is 5.99. The van der Waals surface area contributed by atoms with Crippen LogP contribution in [0, 0.1) is 5.92 Å². The molecule has 1 heterocycles. The van der Waals surface area contributed by atoms with Crippen LogP contribution in [-0.2, 0) is 6.54 Å². The van der Waals surface area contributed by atoms with Gasteiger partial charge in [-0.1, -0.05) is 20.3 Å². The Kier molecular flexibility index (Phi) is 3.88. The molecule has 0 bridgehead atoms. The molecular formula is C15H19NO3. The van der Waals surface area contributed by atoms with E-state index in [1.54, 1.807) is 22.8 Å². The molecule has 1 aromatic carbocycles. The zero-order valence-electron chi connectivity index (χ0n) is 11.6. The van der Waals surface area contributed by atoms with E-state index < -0.39 is 0 Å². The Hall–Kier alpha value is -1.84. The van der Waals surface area contributed by atoms with Crippen molar-refractivity contribution < 1.29 is 9.21 Å². The average molecular weight is 261 g/mol. The fourth-order valence-electron chi connectivity index (χ4n) is 2.37. The van der Waals surface area contributed by atoms with Crippen LogP contribution in [-0.4, -0.2) is 10.4 Å². The van der Waals surface area contributed by atoms with Gasteiger partial charge in [-0.25, -0.2) is 4.79 Å². The Morgan fingerprint density at radius 1 is 1.37 bits per heavy atom. The topological polar surface area (TPSA) is 52.2 Å². The molecule has 0 amide bonds. The molecule has 0 aliphatic carbocycles. The third-order valence-electron chi connectivity index (χ3n) is 3.44. The number of Topliss-reactive ketones (excluding diaryl/α,β-unsaturated/α-hetero) is 1. The minimum atomic E-state index is -0.372. The Labute approximate surface area is 112 Å². The van der Waals surface area contributed by atoms with Crippen molar-refractivity contribution in [3.63, 3.8) is 0 Å². The maximum atomic E-state index is 12.2. The van der Waals surface area contributed by atoms with Crippen LogP contribution in [0.15, 0.2) is 27.4 Å². The number of aryl methyl sites for hydroxylation is 1. The first-order valence-corrected chi connectivity index (χ1v) is 6.76. The highest BCUT2D eigenvalue weighted by Gasteiger charge is 2.16. The summed E-state index contributed by atoms with van der Waals surface area (Å²) < 4.78 is 6.73. The first kappa shape index (κ1) is 13.6. The fourth-order valence-corrected chi connectivity index (χ4v) is 2.37. The van der Waals surface area contributed by atoms with Crippen LogP contribution in [0.2, 0.25) is 0 Å². The first-order chi connectivity index (χ1) is 9.08. The molecule has 0 aliphatic heterocycles. The van der Waals surface area contributed by atoms with Crippen LogP contribution in [0.25, 0.3) is 11.1 Å². The van der Waals surface area contributed by atoms with Crippen LogP contribution in [0.1, 0.15) is 44.0 Å². The van der Waals surface area contributed by atoms with E-state index in [-0.39, 0.29) is 17.5 Å². The monoisotopic (exact) mass is 261 g/mol. The second kappa shape index (κ2) is 5.43. The molecule has 19 heavy (non-hydrogen) atoms. The lowest BCUT2D eigenvalue weighted by Crippen LogP contribution is -2.12. The number of benzene rings is 1. The Bertz CT molecular complexity index is 651. The van der Waals surface area contributed by atoms with Crippen molar-refractivity contribution in [3.05, 3.63) is 34.3 Å². The van der Waals surface area contributed by atoms with E-state index in [0.717, 1.165) is 18.4 Å². The molecule has 4 heteroatoms. The smallest absolute Gasteiger partial charge is 0.408 e. The average Bonchev–Trinajstić information content (AvgIpc) is 2.72. The Balaban J connectivity index is 2.42. The summed E-state index contributed by atoms with van der Waals surface area (Å²) in [7, 11) is 0. The molecule has 0 radical (unpaired) electrons. The van der Waals surface area contributed by atoms with Gasteiger partial charge in [-0.2, -0.15) is 0 Å². The molecule has 0 fully saturated rings. The number of oxazole rings is 1. The van der Waals surface area contributed by atoms with Gasteiger partial charge in [0, 0.05) is 18.0 Å². The Morgan fingerprint density at radius 2 is 2.11 bits per heavy atom. The van der Waals surface area contributed by atoms with Gasteiger partial charge in [0.25, 0.3) is 0 Å². The molecule has 2 rings (SSSR count). The van der Waals surface area contributed by atoms with Crippen LogP contribution < -0.4 is 5.76 Å². The number of rotatable bonds is 5. The van der Waals surface area contributed by atoms with Crippen molar-refractivity contribution in [2.75, 3.05) is 0 Å². The molecule has 1 aromatic heterocycles. The van der Waals surface area contributed by atoms with Crippen LogP contribution in [0.3, 0.4) is 0 Å². The molecule has 0 saturated heterocycles. The van der Waals surface area contributed by atoms with Crippen LogP contribution >= 0.6 is 0 Å². The van der Waals surface area contributed by atoms with Crippen molar-refractivity contribution in [1.82, 2.24) is 4.57 Å². The number of hydrogen-bond donors (Lipinski definition) is 0. The quantitative estimate of drug-likeness (QED) is 0.776. The third kappa shape index (κ3) is 2.48. The Morgan fingerprint density at radius 3 is 2.74 bits per heavy atom. The second-order valence-corrected chi connectivity index (χ2v) is 4.85. The molecule has 2 aromatic rings. The number of nitrogens with zero attached hydrogens (tertiary/aromatic N) is 1. The molecule has 1 unspecified atom stereocenters. The summed E-state index contributed by atoms with van der Waals surface area (Å²) in [6, 6.07) is 5.24. The minimum Gasteiger partial charge on any atom is -0.408 e.